The lowest BCUT2D eigenvalue weighted by Gasteiger charge is -2.56. The van der Waals surface area contributed by atoms with Crippen LogP contribution >= 0.6 is 0 Å². The second kappa shape index (κ2) is 5.60. The van der Waals surface area contributed by atoms with Crippen LogP contribution in [-0.4, -0.2) is 29.1 Å². The summed E-state index contributed by atoms with van der Waals surface area (Å²) in [4.78, 5) is 37.4. The fraction of sp³-hybridized carbons (Fsp3) is 0.762. The summed E-state index contributed by atoms with van der Waals surface area (Å²) in [7, 11) is 0. The quantitative estimate of drug-likeness (QED) is 0.782. The van der Waals surface area contributed by atoms with E-state index in [0.29, 0.717) is 31.0 Å². The molecule has 0 aliphatic heterocycles. The molecule has 0 aromatic heterocycles. The first kappa shape index (κ1) is 17.1. The molecule has 0 radical (unpaired) electrons. The van der Waals surface area contributed by atoms with Crippen molar-refractivity contribution in [3.05, 3.63) is 11.6 Å². The van der Waals surface area contributed by atoms with Crippen LogP contribution in [0.4, 0.5) is 0 Å². The number of ketones is 3. The van der Waals surface area contributed by atoms with E-state index >= 15 is 0 Å². The van der Waals surface area contributed by atoms with E-state index in [4.69, 9.17) is 0 Å². The van der Waals surface area contributed by atoms with E-state index in [-0.39, 0.29) is 40.2 Å². The highest BCUT2D eigenvalue weighted by Gasteiger charge is 2.62. The minimum Gasteiger partial charge on any atom is -0.389 e. The van der Waals surface area contributed by atoms with E-state index in [1.165, 1.54) is 5.57 Å². The summed E-state index contributed by atoms with van der Waals surface area (Å²) in [6, 6.07) is 0. The lowest BCUT2D eigenvalue weighted by Crippen LogP contribution is -2.55. The summed E-state index contributed by atoms with van der Waals surface area (Å²) < 4.78 is 0. The van der Waals surface area contributed by atoms with Gasteiger partial charge in [-0.05, 0) is 48.3 Å². The van der Waals surface area contributed by atoms with Crippen molar-refractivity contribution in [1.29, 1.82) is 0 Å². The molecule has 1 N–H and O–H groups in total. The van der Waals surface area contributed by atoms with Gasteiger partial charge in [0.05, 0.1) is 0 Å². The molecule has 4 nitrogen and oxygen atoms in total. The Bertz CT molecular complexity index is 677. The Hall–Kier alpha value is -1.29. The number of carbonyl (C=O) groups is 3. The molecular weight excluding hydrogens is 316 g/mol. The molecule has 0 spiro atoms. The first-order valence-corrected chi connectivity index (χ1v) is 9.69. The number of Topliss-reactive ketones (excluding diaryl/α,β-unsaturated/α-hetero) is 3. The van der Waals surface area contributed by atoms with Crippen molar-refractivity contribution in [2.45, 2.75) is 58.8 Å². The third-order valence-corrected chi connectivity index (χ3v) is 8.17. The molecule has 0 amide bonds. The Morgan fingerprint density at radius 3 is 2.76 bits per heavy atom. The van der Waals surface area contributed by atoms with Gasteiger partial charge in [-0.25, -0.2) is 0 Å². The zero-order valence-electron chi connectivity index (χ0n) is 15.2. The zero-order chi connectivity index (χ0) is 18.0. The van der Waals surface area contributed by atoms with Gasteiger partial charge in [-0.1, -0.05) is 25.5 Å². The van der Waals surface area contributed by atoms with E-state index in [9.17, 15) is 19.5 Å². The van der Waals surface area contributed by atoms with Crippen LogP contribution in [0.1, 0.15) is 58.8 Å². The third-order valence-electron chi connectivity index (χ3n) is 8.17. The maximum absolute atomic E-state index is 13.3. The molecule has 0 heterocycles. The molecule has 3 saturated carbocycles. The topological polar surface area (TPSA) is 71.4 Å². The average molecular weight is 344 g/mol. The second-order valence-electron chi connectivity index (χ2n) is 9.25. The lowest BCUT2D eigenvalue weighted by atomic mass is 9.47. The number of hydrogen-bond donors (Lipinski definition) is 1. The smallest absolute Gasteiger partial charge is 0.161 e. The van der Waals surface area contributed by atoms with E-state index < -0.39 is 6.61 Å². The number of allylic oxidation sites excluding steroid dienone is 2. The van der Waals surface area contributed by atoms with Gasteiger partial charge in [-0.2, -0.15) is 0 Å². The molecule has 4 aliphatic carbocycles. The Labute approximate surface area is 149 Å². The van der Waals surface area contributed by atoms with Crippen LogP contribution in [0.5, 0.6) is 0 Å². The molecule has 4 heteroatoms. The van der Waals surface area contributed by atoms with Gasteiger partial charge in [-0.15, -0.1) is 0 Å². The van der Waals surface area contributed by atoms with E-state index in [0.717, 1.165) is 25.7 Å². The molecule has 0 bridgehead atoms. The van der Waals surface area contributed by atoms with Crippen LogP contribution in [0.3, 0.4) is 0 Å². The van der Waals surface area contributed by atoms with Crippen molar-refractivity contribution in [2.24, 2.45) is 34.5 Å². The minimum absolute atomic E-state index is 0.00153. The molecule has 3 fully saturated rings. The Balaban J connectivity index is 1.72. The molecule has 0 aromatic carbocycles. The minimum atomic E-state index is -0.418. The van der Waals surface area contributed by atoms with Crippen LogP contribution in [0.25, 0.3) is 0 Å². The van der Waals surface area contributed by atoms with Gasteiger partial charge in [0.15, 0.2) is 5.78 Å². The largest absolute Gasteiger partial charge is 0.389 e. The number of aliphatic hydroxyl groups is 1. The molecule has 25 heavy (non-hydrogen) atoms. The maximum Gasteiger partial charge on any atom is 0.161 e. The maximum atomic E-state index is 13.3. The molecule has 0 aromatic rings. The predicted molar refractivity (Wildman–Crippen MR) is 92.7 cm³/mol. The summed E-state index contributed by atoms with van der Waals surface area (Å²) in [6.07, 6.45) is 7.19. The highest BCUT2D eigenvalue weighted by Crippen LogP contribution is 2.65. The van der Waals surface area contributed by atoms with Crippen molar-refractivity contribution in [1.82, 2.24) is 0 Å². The number of rotatable bonds is 2. The van der Waals surface area contributed by atoms with Gasteiger partial charge in [0.1, 0.15) is 18.2 Å². The fourth-order valence-electron chi connectivity index (χ4n) is 6.95. The number of hydrogen-bond acceptors (Lipinski definition) is 4. The number of aliphatic hydroxyl groups excluding tert-OH is 1. The van der Waals surface area contributed by atoms with E-state index in [2.05, 4.69) is 19.9 Å². The molecule has 6 atom stereocenters. The molecule has 4 aliphatic rings. The first-order valence-electron chi connectivity index (χ1n) is 9.69. The standard InChI is InChI=1S/C21H28O4/c1-20-8-7-13(23)9-12(20)3-4-14-15-5-6-16(18(25)11-22)21(15,2)10-17(24)19(14)20/h3,14-16,19,22H,4-11H2,1-2H3. The number of carbonyl (C=O) groups excluding carboxylic acids is 3. The third kappa shape index (κ3) is 2.26. The van der Waals surface area contributed by atoms with Gasteiger partial charge in [-0.3, -0.25) is 14.4 Å². The Morgan fingerprint density at radius 2 is 2.04 bits per heavy atom. The molecule has 0 saturated heterocycles. The molecule has 6 unspecified atom stereocenters. The molecule has 136 valence electrons. The van der Waals surface area contributed by atoms with Crippen LogP contribution in [0, 0.1) is 34.5 Å². The van der Waals surface area contributed by atoms with Crippen LogP contribution in [0.2, 0.25) is 0 Å². The van der Waals surface area contributed by atoms with Crippen LogP contribution < -0.4 is 0 Å². The monoisotopic (exact) mass is 344 g/mol. The second-order valence-corrected chi connectivity index (χ2v) is 9.25. The van der Waals surface area contributed by atoms with Gasteiger partial charge in [0.25, 0.3) is 0 Å². The normalized spacial score (nSPS) is 46.1. The summed E-state index contributed by atoms with van der Waals surface area (Å²) in [5.41, 5.74) is 0.710. The van der Waals surface area contributed by atoms with Crippen molar-refractivity contribution in [3.8, 4) is 0 Å². The highest BCUT2D eigenvalue weighted by atomic mass is 16.3. The Morgan fingerprint density at radius 1 is 1.28 bits per heavy atom. The van der Waals surface area contributed by atoms with Crippen LogP contribution in [0.15, 0.2) is 11.6 Å². The number of fused-ring (bicyclic) bond motifs is 5. The van der Waals surface area contributed by atoms with E-state index in [1.54, 1.807) is 0 Å². The van der Waals surface area contributed by atoms with Gasteiger partial charge in [0.2, 0.25) is 0 Å². The van der Waals surface area contributed by atoms with Gasteiger partial charge < -0.3 is 5.11 Å². The van der Waals surface area contributed by atoms with Crippen molar-refractivity contribution >= 4 is 17.3 Å². The van der Waals surface area contributed by atoms with Crippen molar-refractivity contribution in [3.63, 3.8) is 0 Å². The summed E-state index contributed by atoms with van der Waals surface area (Å²) >= 11 is 0. The fourth-order valence-corrected chi connectivity index (χ4v) is 6.95. The average Bonchev–Trinajstić information content (AvgIpc) is 2.91. The summed E-state index contributed by atoms with van der Waals surface area (Å²) in [5.74, 6) is 0.944. The van der Waals surface area contributed by atoms with Crippen molar-refractivity contribution < 1.29 is 19.5 Å². The molecule has 4 rings (SSSR count). The molecular formula is C21H28O4. The first-order chi connectivity index (χ1) is 11.8. The van der Waals surface area contributed by atoms with Gasteiger partial charge >= 0.3 is 0 Å². The SMILES string of the molecule is CC12CCC(=O)CC1=CCC1C2C(=O)CC2(C)C(C(=O)CO)CCC12. The summed E-state index contributed by atoms with van der Waals surface area (Å²) in [5, 5.41) is 9.34. The lowest BCUT2D eigenvalue weighted by molar-refractivity contribution is -0.148. The Kier molecular flexibility index (Phi) is 3.84. The summed E-state index contributed by atoms with van der Waals surface area (Å²) in [6.45, 7) is 3.87. The predicted octanol–water partition coefficient (Wildman–Crippen LogP) is 2.87. The zero-order valence-corrected chi connectivity index (χ0v) is 15.2. The van der Waals surface area contributed by atoms with Gasteiger partial charge in [0, 0.05) is 31.1 Å². The van der Waals surface area contributed by atoms with Crippen molar-refractivity contribution in [2.75, 3.05) is 6.61 Å². The highest BCUT2D eigenvalue weighted by molar-refractivity contribution is 5.89. The van der Waals surface area contributed by atoms with Crippen LogP contribution in [-0.2, 0) is 14.4 Å². The van der Waals surface area contributed by atoms with E-state index in [1.807, 2.05) is 0 Å².